The third kappa shape index (κ3) is 5.42. The van der Waals surface area contributed by atoms with Crippen molar-refractivity contribution < 1.29 is 9.90 Å². The molecule has 1 N–H and O–H groups in total. The zero-order valence-electron chi connectivity index (χ0n) is 18.2. The Morgan fingerprint density at radius 1 is 0.875 bits per heavy atom. The third-order valence-corrected chi connectivity index (χ3v) is 5.89. The van der Waals surface area contributed by atoms with Gasteiger partial charge in [0.15, 0.2) is 0 Å². The molecule has 0 saturated carbocycles. The molecule has 0 atom stereocenters. The van der Waals surface area contributed by atoms with Crippen LogP contribution >= 0.6 is 0 Å². The van der Waals surface area contributed by atoms with Crippen LogP contribution in [0, 0.1) is 0 Å². The Kier molecular flexibility index (Phi) is 7.31. The molecule has 1 fully saturated rings. The largest absolute Gasteiger partial charge is 0.478 e. The first-order chi connectivity index (χ1) is 15.7. The summed E-state index contributed by atoms with van der Waals surface area (Å²) in [5, 5.41) is 9.42. The summed E-state index contributed by atoms with van der Waals surface area (Å²) in [5.41, 5.74) is 4.06. The fourth-order valence-corrected chi connectivity index (χ4v) is 4.20. The fourth-order valence-electron chi connectivity index (χ4n) is 4.20. The van der Waals surface area contributed by atoms with E-state index >= 15 is 0 Å². The molecule has 1 aromatic heterocycles. The molecule has 32 heavy (non-hydrogen) atoms. The van der Waals surface area contributed by atoms with Gasteiger partial charge in [0, 0.05) is 32.4 Å². The highest BCUT2D eigenvalue weighted by Gasteiger charge is 2.22. The summed E-state index contributed by atoms with van der Waals surface area (Å²) in [7, 11) is 0. The summed E-state index contributed by atoms with van der Waals surface area (Å²) in [4.78, 5) is 20.3. The van der Waals surface area contributed by atoms with E-state index in [2.05, 4.69) is 81.5 Å². The number of piperazine rings is 1. The number of anilines is 1. The minimum Gasteiger partial charge on any atom is -0.478 e. The zero-order chi connectivity index (χ0) is 22.2. The molecule has 164 valence electrons. The smallest absolute Gasteiger partial charge is 0.339 e. The molecule has 2 heterocycles. The molecule has 1 aliphatic heterocycles. The number of unbranched alkanes of at least 4 members (excludes halogenated alkanes) is 1. The van der Waals surface area contributed by atoms with Gasteiger partial charge in [0.05, 0.1) is 0 Å². The van der Waals surface area contributed by atoms with Gasteiger partial charge in [0.1, 0.15) is 11.4 Å². The number of aromatic nitrogens is 1. The number of allylic oxidation sites excluding steroid dienone is 1. The van der Waals surface area contributed by atoms with E-state index in [1.165, 1.54) is 16.7 Å². The molecule has 1 saturated heterocycles. The van der Waals surface area contributed by atoms with Gasteiger partial charge in [-0.3, -0.25) is 4.90 Å². The quantitative estimate of drug-likeness (QED) is 0.523. The van der Waals surface area contributed by atoms with Crippen molar-refractivity contribution in [3.63, 3.8) is 0 Å². The Balaban J connectivity index is 1.32. The maximum atomic E-state index is 11.5. The van der Waals surface area contributed by atoms with Gasteiger partial charge in [0.2, 0.25) is 0 Å². The Hall–Kier alpha value is -3.44. The molecule has 5 nitrogen and oxygen atoms in total. The maximum Gasteiger partial charge on any atom is 0.339 e. The molecule has 4 rings (SSSR count). The zero-order valence-corrected chi connectivity index (χ0v) is 18.2. The first-order valence-electron chi connectivity index (χ1n) is 11.2. The summed E-state index contributed by atoms with van der Waals surface area (Å²) in [6, 6.07) is 24.4. The highest BCUT2D eigenvalue weighted by Crippen LogP contribution is 2.24. The number of hydrogen-bond acceptors (Lipinski definition) is 4. The van der Waals surface area contributed by atoms with Crippen molar-refractivity contribution >= 4 is 17.4 Å². The molecular formula is C27H29N3O2. The lowest BCUT2D eigenvalue weighted by Gasteiger charge is -2.35. The summed E-state index contributed by atoms with van der Waals surface area (Å²) >= 11 is 0. The number of pyridine rings is 1. The molecule has 5 heteroatoms. The summed E-state index contributed by atoms with van der Waals surface area (Å²) in [5.74, 6) is -0.340. The average molecular weight is 428 g/mol. The van der Waals surface area contributed by atoms with Crippen molar-refractivity contribution in [2.75, 3.05) is 37.6 Å². The second-order valence-corrected chi connectivity index (χ2v) is 8.00. The Morgan fingerprint density at radius 3 is 2.09 bits per heavy atom. The number of benzene rings is 2. The van der Waals surface area contributed by atoms with Gasteiger partial charge in [-0.25, -0.2) is 9.78 Å². The van der Waals surface area contributed by atoms with Crippen LogP contribution in [0.15, 0.2) is 85.1 Å². The van der Waals surface area contributed by atoms with Crippen LogP contribution in [0.2, 0.25) is 0 Å². The molecule has 0 amide bonds. The van der Waals surface area contributed by atoms with Crippen LogP contribution < -0.4 is 4.90 Å². The number of carboxylic acids is 1. The van der Waals surface area contributed by atoms with Crippen molar-refractivity contribution in [1.29, 1.82) is 0 Å². The number of rotatable bonds is 8. The summed E-state index contributed by atoms with van der Waals surface area (Å²) in [6.45, 7) is 4.47. The molecule has 0 unspecified atom stereocenters. The molecule has 1 aliphatic rings. The number of nitrogens with zero attached hydrogens (tertiary/aromatic N) is 3. The lowest BCUT2D eigenvalue weighted by atomic mass is 9.96. The molecule has 0 bridgehead atoms. The van der Waals surface area contributed by atoms with E-state index in [-0.39, 0.29) is 5.56 Å². The van der Waals surface area contributed by atoms with Gasteiger partial charge >= 0.3 is 5.97 Å². The van der Waals surface area contributed by atoms with E-state index in [1.807, 2.05) is 0 Å². The average Bonchev–Trinajstić information content (AvgIpc) is 2.85. The Bertz CT molecular complexity index is 1000. The maximum absolute atomic E-state index is 11.5. The Labute approximate surface area is 189 Å². The van der Waals surface area contributed by atoms with Crippen molar-refractivity contribution in [2.45, 2.75) is 12.8 Å². The van der Waals surface area contributed by atoms with E-state index in [0.717, 1.165) is 45.6 Å². The van der Waals surface area contributed by atoms with Gasteiger partial charge in [-0.05, 0) is 48.2 Å². The topological polar surface area (TPSA) is 56.7 Å². The second-order valence-electron chi connectivity index (χ2n) is 8.00. The van der Waals surface area contributed by atoms with E-state index in [9.17, 15) is 9.90 Å². The number of carboxylic acid groups (broad SMARTS) is 1. The highest BCUT2D eigenvalue weighted by atomic mass is 16.4. The van der Waals surface area contributed by atoms with Crippen molar-refractivity contribution in [2.24, 2.45) is 0 Å². The minimum atomic E-state index is -0.921. The number of hydrogen-bond donors (Lipinski definition) is 1. The van der Waals surface area contributed by atoms with Crippen LogP contribution in [0.1, 0.15) is 34.3 Å². The summed E-state index contributed by atoms with van der Waals surface area (Å²) < 4.78 is 0. The fraction of sp³-hybridized carbons (Fsp3) is 0.259. The SMILES string of the molecule is O=C(O)c1cccnc1N1CCN(CCCC=C(c2ccccc2)c2ccccc2)CC1. The molecule has 0 radical (unpaired) electrons. The van der Waals surface area contributed by atoms with Crippen molar-refractivity contribution in [3.8, 4) is 0 Å². The number of aromatic carboxylic acids is 1. The standard InChI is InChI=1S/C27H29N3O2/c31-27(32)25-15-9-16-28-26(25)30-20-18-29(19-21-30)17-8-7-14-24(22-10-3-1-4-11-22)23-12-5-2-6-13-23/h1-6,9-16H,7-8,17-21H2,(H,31,32). The van der Waals surface area contributed by atoms with Crippen LogP contribution in [-0.4, -0.2) is 53.7 Å². The van der Waals surface area contributed by atoms with Crippen LogP contribution in [0.25, 0.3) is 5.57 Å². The summed E-state index contributed by atoms with van der Waals surface area (Å²) in [6.07, 6.45) is 6.13. The van der Waals surface area contributed by atoms with Gasteiger partial charge < -0.3 is 10.0 Å². The van der Waals surface area contributed by atoms with Crippen molar-refractivity contribution in [1.82, 2.24) is 9.88 Å². The lowest BCUT2D eigenvalue weighted by Crippen LogP contribution is -2.47. The van der Waals surface area contributed by atoms with Gasteiger partial charge in [-0.2, -0.15) is 0 Å². The molecule has 2 aromatic carbocycles. The van der Waals surface area contributed by atoms with Crippen LogP contribution in [0.3, 0.4) is 0 Å². The van der Waals surface area contributed by atoms with Gasteiger partial charge in [-0.15, -0.1) is 0 Å². The Morgan fingerprint density at radius 2 is 1.50 bits per heavy atom. The highest BCUT2D eigenvalue weighted by molar-refractivity contribution is 5.93. The monoisotopic (exact) mass is 427 g/mol. The lowest BCUT2D eigenvalue weighted by molar-refractivity contribution is 0.0697. The third-order valence-electron chi connectivity index (χ3n) is 5.89. The second kappa shape index (κ2) is 10.7. The molecule has 0 aliphatic carbocycles. The predicted octanol–water partition coefficient (Wildman–Crippen LogP) is 4.81. The van der Waals surface area contributed by atoms with E-state index in [4.69, 9.17) is 0 Å². The van der Waals surface area contributed by atoms with Gasteiger partial charge in [-0.1, -0.05) is 66.7 Å². The first-order valence-corrected chi connectivity index (χ1v) is 11.2. The minimum absolute atomic E-state index is 0.278. The van der Waals surface area contributed by atoms with Gasteiger partial charge in [0.25, 0.3) is 0 Å². The van der Waals surface area contributed by atoms with Crippen LogP contribution in [0.4, 0.5) is 5.82 Å². The number of carbonyl (C=O) groups is 1. The molecule has 3 aromatic rings. The first kappa shape index (κ1) is 21.8. The van der Waals surface area contributed by atoms with Crippen LogP contribution in [-0.2, 0) is 0 Å². The van der Waals surface area contributed by atoms with E-state index in [0.29, 0.717) is 5.82 Å². The predicted molar refractivity (Wildman–Crippen MR) is 129 cm³/mol. The van der Waals surface area contributed by atoms with Crippen molar-refractivity contribution in [3.05, 3.63) is 102 Å². The van der Waals surface area contributed by atoms with E-state index in [1.54, 1.807) is 18.3 Å². The molecule has 0 spiro atoms. The molecular weight excluding hydrogens is 398 g/mol. The van der Waals surface area contributed by atoms with E-state index < -0.39 is 5.97 Å². The van der Waals surface area contributed by atoms with Crippen LogP contribution in [0.5, 0.6) is 0 Å². The normalized spacial score (nSPS) is 14.2.